The number of benzene rings is 1. The molecular weight excluding hydrogens is 276 g/mol. The minimum Gasteiger partial charge on any atom is -0.336 e. The van der Waals surface area contributed by atoms with Crippen molar-refractivity contribution >= 4 is 11.8 Å². The van der Waals surface area contributed by atoms with E-state index in [1.807, 2.05) is 17.9 Å². The number of carbonyl (C=O) groups is 2. The Hall–Kier alpha value is -1.84. The Kier molecular flexibility index (Phi) is 3.94. The molecule has 1 aromatic carbocycles. The minimum atomic E-state index is -0.326. The number of carbonyl (C=O) groups excluding carboxylic acids is 2. The molecule has 0 aromatic heterocycles. The van der Waals surface area contributed by atoms with Crippen molar-refractivity contribution in [3.05, 3.63) is 34.9 Å². The van der Waals surface area contributed by atoms with E-state index in [1.165, 1.54) is 11.1 Å². The van der Waals surface area contributed by atoms with Crippen LogP contribution in [0.15, 0.2) is 18.2 Å². The highest BCUT2D eigenvalue weighted by atomic mass is 16.2. The molecule has 2 saturated heterocycles. The Morgan fingerprint density at radius 2 is 2.05 bits per heavy atom. The highest BCUT2D eigenvalue weighted by Crippen LogP contribution is 2.26. The fourth-order valence-corrected chi connectivity index (χ4v) is 3.58. The lowest BCUT2D eigenvalue weighted by atomic mass is 10.0. The average Bonchev–Trinajstić information content (AvgIpc) is 2.95. The number of aryl methyl sites for hydroxylation is 2. The summed E-state index contributed by atoms with van der Waals surface area (Å²) < 4.78 is 0. The van der Waals surface area contributed by atoms with Crippen LogP contribution in [0.25, 0.3) is 0 Å². The molecule has 0 spiro atoms. The number of nitrogens with zero attached hydrogens (tertiary/aromatic N) is 2. The lowest BCUT2D eigenvalue weighted by Gasteiger charge is -2.41. The zero-order valence-corrected chi connectivity index (χ0v) is 13.6. The molecule has 2 aliphatic rings. The van der Waals surface area contributed by atoms with E-state index in [1.54, 1.807) is 4.90 Å². The van der Waals surface area contributed by atoms with Crippen molar-refractivity contribution in [3.8, 4) is 0 Å². The van der Waals surface area contributed by atoms with Crippen molar-refractivity contribution in [2.75, 3.05) is 13.1 Å². The third-order valence-electron chi connectivity index (χ3n) is 5.14. The van der Waals surface area contributed by atoms with Crippen LogP contribution in [-0.2, 0) is 16.0 Å². The van der Waals surface area contributed by atoms with Gasteiger partial charge < -0.3 is 9.80 Å². The zero-order valence-electron chi connectivity index (χ0n) is 13.6. The topological polar surface area (TPSA) is 40.6 Å². The van der Waals surface area contributed by atoms with Crippen LogP contribution < -0.4 is 0 Å². The summed E-state index contributed by atoms with van der Waals surface area (Å²) in [7, 11) is 0. The lowest BCUT2D eigenvalue weighted by molar-refractivity contribution is -0.152. The largest absolute Gasteiger partial charge is 0.336 e. The van der Waals surface area contributed by atoms with Gasteiger partial charge in [-0.05, 0) is 50.3 Å². The van der Waals surface area contributed by atoms with Crippen LogP contribution in [0.5, 0.6) is 0 Å². The summed E-state index contributed by atoms with van der Waals surface area (Å²) in [5.41, 5.74) is 3.47. The third-order valence-corrected chi connectivity index (χ3v) is 5.14. The van der Waals surface area contributed by atoms with Gasteiger partial charge in [-0.1, -0.05) is 18.2 Å². The van der Waals surface area contributed by atoms with E-state index >= 15 is 0 Å². The van der Waals surface area contributed by atoms with Gasteiger partial charge in [0.05, 0.1) is 6.42 Å². The highest BCUT2D eigenvalue weighted by Gasteiger charge is 2.41. The molecule has 4 nitrogen and oxygen atoms in total. The number of fused-ring (bicyclic) bond motifs is 1. The van der Waals surface area contributed by atoms with Crippen molar-refractivity contribution in [2.45, 2.75) is 52.1 Å². The average molecular weight is 300 g/mol. The SMILES string of the molecule is Cc1ccc(CC(=O)N2C[C@@H]3CCCN3C(=O)[C@H]2C)cc1C. The smallest absolute Gasteiger partial charge is 0.245 e. The van der Waals surface area contributed by atoms with Crippen LogP contribution in [0.1, 0.15) is 36.5 Å². The molecule has 4 heteroatoms. The van der Waals surface area contributed by atoms with Crippen LogP contribution in [0.2, 0.25) is 0 Å². The normalized spacial score (nSPS) is 24.6. The van der Waals surface area contributed by atoms with E-state index in [4.69, 9.17) is 0 Å². The van der Waals surface area contributed by atoms with Crippen molar-refractivity contribution in [1.29, 1.82) is 0 Å². The van der Waals surface area contributed by atoms with Crippen LogP contribution in [0, 0.1) is 13.8 Å². The van der Waals surface area contributed by atoms with Crippen LogP contribution in [-0.4, -0.2) is 46.8 Å². The third kappa shape index (κ3) is 2.62. The summed E-state index contributed by atoms with van der Waals surface area (Å²) in [6, 6.07) is 6.05. The quantitative estimate of drug-likeness (QED) is 0.839. The molecule has 2 fully saturated rings. The van der Waals surface area contributed by atoms with Crippen molar-refractivity contribution in [2.24, 2.45) is 0 Å². The maximum Gasteiger partial charge on any atom is 0.245 e. The molecule has 2 aliphatic heterocycles. The van der Waals surface area contributed by atoms with E-state index in [0.29, 0.717) is 13.0 Å². The van der Waals surface area contributed by atoms with Gasteiger partial charge in [0.25, 0.3) is 0 Å². The van der Waals surface area contributed by atoms with Crippen molar-refractivity contribution in [1.82, 2.24) is 9.80 Å². The molecule has 22 heavy (non-hydrogen) atoms. The van der Waals surface area contributed by atoms with Crippen molar-refractivity contribution in [3.63, 3.8) is 0 Å². The molecule has 2 heterocycles. The molecule has 0 saturated carbocycles. The minimum absolute atomic E-state index is 0.0654. The molecule has 0 aliphatic carbocycles. The second-order valence-corrected chi connectivity index (χ2v) is 6.65. The number of hydrogen-bond donors (Lipinski definition) is 0. The summed E-state index contributed by atoms with van der Waals surface area (Å²) in [5.74, 6) is 0.179. The summed E-state index contributed by atoms with van der Waals surface area (Å²) >= 11 is 0. The van der Waals surface area contributed by atoms with Gasteiger partial charge in [-0.15, -0.1) is 0 Å². The van der Waals surface area contributed by atoms with Gasteiger partial charge >= 0.3 is 0 Å². The molecule has 118 valence electrons. The van der Waals surface area contributed by atoms with E-state index in [2.05, 4.69) is 26.0 Å². The standard InChI is InChI=1S/C18H24N2O2/c1-12-6-7-15(9-13(12)2)10-17(21)20-11-16-5-4-8-19(16)18(22)14(20)3/h6-7,9,14,16H,4-5,8,10-11H2,1-3H3/t14-,16+/m1/s1. The monoisotopic (exact) mass is 300 g/mol. The Labute approximate surface area is 132 Å². The second-order valence-electron chi connectivity index (χ2n) is 6.65. The van der Waals surface area contributed by atoms with E-state index in [0.717, 1.165) is 24.9 Å². The van der Waals surface area contributed by atoms with Gasteiger partial charge in [0.1, 0.15) is 6.04 Å². The van der Waals surface area contributed by atoms with Gasteiger partial charge in [0.15, 0.2) is 0 Å². The molecule has 3 rings (SSSR count). The van der Waals surface area contributed by atoms with Crippen molar-refractivity contribution < 1.29 is 9.59 Å². The Morgan fingerprint density at radius 1 is 1.27 bits per heavy atom. The first-order chi connectivity index (χ1) is 10.5. The summed E-state index contributed by atoms with van der Waals surface area (Å²) in [6.07, 6.45) is 2.46. The predicted octanol–water partition coefficient (Wildman–Crippen LogP) is 2.07. The number of piperazine rings is 1. The maximum absolute atomic E-state index is 12.7. The highest BCUT2D eigenvalue weighted by molar-refractivity contribution is 5.89. The van der Waals surface area contributed by atoms with E-state index in [9.17, 15) is 9.59 Å². The maximum atomic E-state index is 12.7. The fourth-order valence-electron chi connectivity index (χ4n) is 3.58. The van der Waals surface area contributed by atoms with Gasteiger partial charge in [0.2, 0.25) is 11.8 Å². The molecule has 0 radical (unpaired) electrons. The molecule has 0 N–H and O–H groups in total. The Morgan fingerprint density at radius 3 is 2.77 bits per heavy atom. The summed E-state index contributed by atoms with van der Waals surface area (Å²) in [6.45, 7) is 7.53. The number of hydrogen-bond acceptors (Lipinski definition) is 2. The van der Waals surface area contributed by atoms with E-state index in [-0.39, 0.29) is 23.9 Å². The number of amides is 2. The zero-order chi connectivity index (χ0) is 15.9. The Balaban J connectivity index is 1.73. The molecule has 2 atom stereocenters. The molecule has 0 bridgehead atoms. The van der Waals surface area contributed by atoms with Crippen LogP contribution in [0.3, 0.4) is 0 Å². The summed E-state index contributed by atoms with van der Waals surface area (Å²) in [5, 5.41) is 0. The van der Waals surface area contributed by atoms with Gasteiger partial charge in [-0.3, -0.25) is 9.59 Å². The van der Waals surface area contributed by atoms with Gasteiger partial charge in [-0.25, -0.2) is 0 Å². The fraction of sp³-hybridized carbons (Fsp3) is 0.556. The first-order valence-corrected chi connectivity index (χ1v) is 8.13. The molecular formula is C18H24N2O2. The summed E-state index contributed by atoms with van der Waals surface area (Å²) in [4.78, 5) is 28.8. The molecule has 2 amide bonds. The first-order valence-electron chi connectivity index (χ1n) is 8.13. The van der Waals surface area contributed by atoms with E-state index < -0.39 is 0 Å². The second kappa shape index (κ2) is 5.75. The number of rotatable bonds is 2. The first kappa shape index (κ1) is 15.1. The predicted molar refractivity (Wildman–Crippen MR) is 85.5 cm³/mol. The van der Waals surface area contributed by atoms with Crippen LogP contribution in [0.4, 0.5) is 0 Å². The molecule has 1 aromatic rings. The molecule has 0 unspecified atom stereocenters. The lowest BCUT2D eigenvalue weighted by Crippen LogP contribution is -2.60. The van der Waals surface area contributed by atoms with Gasteiger partial charge in [0, 0.05) is 19.1 Å². The van der Waals surface area contributed by atoms with Crippen LogP contribution >= 0.6 is 0 Å². The van der Waals surface area contributed by atoms with Gasteiger partial charge in [-0.2, -0.15) is 0 Å². The Bertz CT molecular complexity index is 611.